The lowest BCUT2D eigenvalue weighted by Gasteiger charge is -2.49. The molecule has 11 nitrogen and oxygen atoms in total. The summed E-state index contributed by atoms with van der Waals surface area (Å²) < 4.78 is 45.3. The Morgan fingerprint density at radius 1 is 1.13 bits per heavy atom. The Labute approximate surface area is 274 Å². The lowest BCUT2D eigenvalue weighted by molar-refractivity contribution is -0.181. The normalized spacial score (nSPS) is 22.9. The molecule has 1 amide bonds. The molecule has 1 aromatic heterocycles. The second-order valence-corrected chi connectivity index (χ2v) is 15.7. The number of hydrogen-bond donors (Lipinski definition) is 1. The molecule has 12 heteroatoms. The third kappa shape index (κ3) is 8.70. The largest absolute Gasteiger partial charge is 0.465 e. The summed E-state index contributed by atoms with van der Waals surface area (Å²) in [4.78, 5) is 21.4. The number of hydrogen-bond acceptors (Lipinski definition) is 8. The molecule has 1 aromatic carbocycles. The summed E-state index contributed by atoms with van der Waals surface area (Å²) in [6.45, 7) is 12.4. The average Bonchev–Trinajstić information content (AvgIpc) is 3.53. The number of methoxy groups -OCH3 is 1. The first-order valence-electron chi connectivity index (χ1n) is 16.2. The molecular formula is C34H52N4O7S. The highest BCUT2D eigenvalue weighted by molar-refractivity contribution is 7.92. The highest BCUT2D eigenvalue weighted by Gasteiger charge is 2.55. The topological polar surface area (TPSA) is 122 Å². The number of sulfonamides is 1. The van der Waals surface area contributed by atoms with Gasteiger partial charge >= 0.3 is 6.09 Å². The van der Waals surface area contributed by atoms with Gasteiger partial charge in [0.15, 0.2) is 6.29 Å². The average molecular weight is 661 g/mol. The summed E-state index contributed by atoms with van der Waals surface area (Å²) in [5.74, 6) is 2.15. The van der Waals surface area contributed by atoms with Gasteiger partial charge in [-0.1, -0.05) is 44.2 Å². The summed E-state index contributed by atoms with van der Waals surface area (Å²) in [6.07, 6.45) is 1.93. The van der Waals surface area contributed by atoms with E-state index in [0.29, 0.717) is 69.0 Å². The second-order valence-electron chi connectivity index (χ2n) is 13.8. The highest BCUT2D eigenvalue weighted by atomic mass is 32.2. The first-order chi connectivity index (χ1) is 21.7. The molecule has 1 saturated heterocycles. The van der Waals surface area contributed by atoms with E-state index in [1.807, 2.05) is 64.1 Å². The van der Waals surface area contributed by atoms with Crippen molar-refractivity contribution in [2.45, 2.75) is 84.3 Å². The number of amides is 1. The molecule has 0 spiro atoms. The molecule has 4 rings (SSSR count). The first kappa shape index (κ1) is 35.9. The number of anilines is 2. The number of nitrogens with zero attached hydrogens (tertiary/aromatic N) is 4. The lowest BCUT2D eigenvalue weighted by atomic mass is 9.83. The van der Waals surface area contributed by atoms with E-state index in [0.717, 1.165) is 24.1 Å². The van der Waals surface area contributed by atoms with Gasteiger partial charge in [0.1, 0.15) is 17.2 Å². The fourth-order valence-electron chi connectivity index (χ4n) is 6.57. The van der Waals surface area contributed by atoms with Crippen molar-refractivity contribution in [2.24, 2.45) is 11.8 Å². The molecule has 256 valence electrons. The van der Waals surface area contributed by atoms with E-state index in [4.69, 9.17) is 19.2 Å². The summed E-state index contributed by atoms with van der Waals surface area (Å²) >= 11 is 0. The van der Waals surface area contributed by atoms with Crippen molar-refractivity contribution in [2.75, 3.05) is 55.4 Å². The van der Waals surface area contributed by atoms with Gasteiger partial charge in [-0.15, -0.1) is 0 Å². The predicted octanol–water partition coefficient (Wildman–Crippen LogP) is 5.39. The van der Waals surface area contributed by atoms with Crippen molar-refractivity contribution in [3.8, 4) is 0 Å². The third-order valence-electron chi connectivity index (χ3n) is 8.87. The molecule has 4 atom stereocenters. The Balaban J connectivity index is 1.73. The maximum atomic E-state index is 12.9. The van der Waals surface area contributed by atoms with Crippen molar-refractivity contribution in [1.82, 2.24) is 9.88 Å². The van der Waals surface area contributed by atoms with Gasteiger partial charge in [-0.2, -0.15) is 0 Å². The SMILES string of the molecule is CCCN(c1cc(COC2OCCC2(Cc2ccccc2)N(C(=O)O)C(C)(C)C)cc(N(CCOC)C[C@H]2C[C@@H]2C)n1)S(C)(=O)=O. The number of carboxylic acid groups (broad SMARTS) is 1. The molecule has 0 radical (unpaired) electrons. The van der Waals surface area contributed by atoms with Gasteiger partial charge in [0.2, 0.25) is 10.0 Å². The van der Waals surface area contributed by atoms with Gasteiger partial charge in [0.25, 0.3) is 0 Å². The molecule has 2 unspecified atom stereocenters. The number of carbonyl (C=O) groups is 1. The van der Waals surface area contributed by atoms with Gasteiger partial charge in [-0.25, -0.2) is 18.2 Å². The molecule has 1 aliphatic heterocycles. The molecule has 1 aliphatic carbocycles. The monoisotopic (exact) mass is 660 g/mol. The van der Waals surface area contributed by atoms with Crippen LogP contribution in [0.4, 0.5) is 16.4 Å². The Hall–Kier alpha value is -2.93. The Kier molecular flexibility index (Phi) is 11.6. The van der Waals surface area contributed by atoms with Gasteiger partial charge < -0.3 is 24.2 Å². The lowest BCUT2D eigenvalue weighted by Crippen LogP contribution is -2.64. The molecule has 2 aromatic rings. The van der Waals surface area contributed by atoms with Crippen LogP contribution in [0.15, 0.2) is 42.5 Å². The molecule has 2 fully saturated rings. The van der Waals surface area contributed by atoms with Crippen LogP contribution in [0.1, 0.15) is 65.0 Å². The van der Waals surface area contributed by atoms with Crippen molar-refractivity contribution < 1.29 is 32.5 Å². The Bertz CT molecular complexity index is 1420. The molecule has 1 N–H and O–H groups in total. The van der Waals surface area contributed by atoms with Crippen molar-refractivity contribution >= 4 is 27.8 Å². The van der Waals surface area contributed by atoms with E-state index >= 15 is 0 Å². The highest BCUT2D eigenvalue weighted by Crippen LogP contribution is 2.42. The van der Waals surface area contributed by atoms with Crippen LogP contribution in [0.5, 0.6) is 0 Å². The van der Waals surface area contributed by atoms with Gasteiger partial charge in [0, 0.05) is 38.7 Å². The predicted molar refractivity (Wildman–Crippen MR) is 180 cm³/mol. The standard InChI is InChI=1S/C34H52N4O7S/c1-8-15-37(46(7,41)42)30-21-27(20-29(35-30)36(16-18-43-6)23-28-19-25(28)2)24-45-31-34(14-17-44-31,22-26-12-10-9-11-13-26)38(32(39)40)33(3,4)5/h9-13,20-21,25,28,31H,8,14-19,22-24H2,1-7H3,(H,39,40)/t25-,28+,31?,34?/m0/s1. The smallest absolute Gasteiger partial charge is 0.408 e. The molecule has 1 saturated carbocycles. The van der Waals surface area contributed by atoms with E-state index in [-0.39, 0.29) is 6.61 Å². The van der Waals surface area contributed by atoms with E-state index in [1.54, 1.807) is 13.2 Å². The maximum Gasteiger partial charge on any atom is 0.408 e. The van der Waals surface area contributed by atoms with Crippen LogP contribution in [-0.4, -0.2) is 93.1 Å². The molecule has 0 bridgehead atoms. The number of rotatable bonds is 16. The van der Waals surface area contributed by atoms with Crippen LogP contribution in [0.2, 0.25) is 0 Å². The minimum Gasteiger partial charge on any atom is -0.465 e. The van der Waals surface area contributed by atoms with E-state index in [2.05, 4.69) is 11.8 Å². The zero-order valence-electron chi connectivity index (χ0n) is 28.4. The van der Waals surface area contributed by atoms with Crippen LogP contribution in [0, 0.1) is 11.8 Å². The van der Waals surface area contributed by atoms with E-state index < -0.39 is 33.5 Å². The summed E-state index contributed by atoms with van der Waals surface area (Å²) in [5.41, 5.74) is -0.0161. The fraction of sp³-hybridized carbons (Fsp3) is 0.647. The van der Waals surface area contributed by atoms with E-state index in [1.165, 1.54) is 15.5 Å². The van der Waals surface area contributed by atoms with Gasteiger partial charge in [0.05, 0.1) is 26.1 Å². The number of benzene rings is 1. The Morgan fingerprint density at radius 2 is 1.80 bits per heavy atom. The van der Waals surface area contributed by atoms with Crippen LogP contribution in [0.3, 0.4) is 0 Å². The first-order valence-corrected chi connectivity index (χ1v) is 18.1. The van der Waals surface area contributed by atoms with Crippen molar-refractivity contribution in [3.05, 3.63) is 53.6 Å². The molecular weight excluding hydrogens is 608 g/mol. The Morgan fingerprint density at radius 3 is 2.37 bits per heavy atom. The maximum absolute atomic E-state index is 12.9. The van der Waals surface area contributed by atoms with Crippen LogP contribution >= 0.6 is 0 Å². The van der Waals surface area contributed by atoms with Crippen LogP contribution in [-0.2, 0) is 37.3 Å². The number of pyridine rings is 1. The summed E-state index contributed by atoms with van der Waals surface area (Å²) in [6, 6.07) is 13.5. The quantitative estimate of drug-likeness (QED) is 0.253. The zero-order valence-corrected chi connectivity index (χ0v) is 29.3. The fourth-order valence-corrected chi connectivity index (χ4v) is 7.52. The van der Waals surface area contributed by atoms with Crippen LogP contribution < -0.4 is 9.21 Å². The summed E-state index contributed by atoms with van der Waals surface area (Å²) in [7, 11) is -1.94. The van der Waals surface area contributed by atoms with Crippen molar-refractivity contribution in [1.29, 1.82) is 0 Å². The molecule has 46 heavy (non-hydrogen) atoms. The van der Waals surface area contributed by atoms with Crippen LogP contribution in [0.25, 0.3) is 0 Å². The zero-order chi connectivity index (χ0) is 33.7. The molecule has 2 aliphatic rings. The minimum absolute atomic E-state index is 0.0724. The van der Waals surface area contributed by atoms with Gasteiger partial charge in [-0.05, 0) is 75.1 Å². The molecule has 2 heterocycles. The van der Waals surface area contributed by atoms with Crippen molar-refractivity contribution in [3.63, 3.8) is 0 Å². The minimum atomic E-state index is -3.61. The number of ether oxygens (including phenoxy) is 3. The van der Waals surface area contributed by atoms with E-state index in [9.17, 15) is 18.3 Å². The van der Waals surface area contributed by atoms with Gasteiger partial charge in [-0.3, -0.25) is 9.21 Å². The third-order valence-corrected chi connectivity index (χ3v) is 10.0. The second kappa shape index (κ2) is 14.9. The summed E-state index contributed by atoms with van der Waals surface area (Å²) in [5, 5.41) is 10.5. The number of aromatic nitrogens is 1.